The number of nitrogens with zero attached hydrogens (tertiary/aromatic N) is 2. The van der Waals surface area contributed by atoms with Gasteiger partial charge in [0.05, 0.1) is 12.1 Å². The fourth-order valence-electron chi connectivity index (χ4n) is 3.95. The maximum Gasteiger partial charge on any atom is 0.309 e. The number of anilines is 1. The van der Waals surface area contributed by atoms with Crippen LogP contribution in [0.15, 0.2) is 97.1 Å². The molecule has 0 spiro atoms. The van der Waals surface area contributed by atoms with Crippen LogP contribution >= 0.6 is 0 Å². The first-order chi connectivity index (χ1) is 16.0. The van der Waals surface area contributed by atoms with E-state index in [9.17, 15) is 9.59 Å². The minimum Gasteiger partial charge on any atom is -0.481 e. The van der Waals surface area contributed by atoms with Gasteiger partial charge >= 0.3 is 5.97 Å². The van der Waals surface area contributed by atoms with Crippen molar-refractivity contribution < 1.29 is 14.7 Å². The highest BCUT2D eigenvalue weighted by molar-refractivity contribution is 6.08. The number of carbonyl (C=O) groups excluding carboxylic acids is 1. The van der Waals surface area contributed by atoms with Crippen LogP contribution in [0.3, 0.4) is 0 Å². The molecule has 5 nitrogen and oxygen atoms in total. The largest absolute Gasteiger partial charge is 0.481 e. The zero-order chi connectivity index (χ0) is 23.2. The van der Waals surface area contributed by atoms with E-state index in [4.69, 9.17) is 5.11 Å². The predicted molar refractivity (Wildman–Crippen MR) is 129 cm³/mol. The van der Waals surface area contributed by atoms with Gasteiger partial charge in [0.15, 0.2) is 0 Å². The number of hydrogen-bond donors (Lipinski definition) is 1. The summed E-state index contributed by atoms with van der Waals surface area (Å²) in [5.74, 6) is -1.05. The molecule has 0 amide bonds. The van der Waals surface area contributed by atoms with Crippen LogP contribution in [0, 0.1) is 0 Å². The molecular formula is C28H26N2O3. The van der Waals surface area contributed by atoms with Crippen LogP contribution in [0.2, 0.25) is 0 Å². The van der Waals surface area contributed by atoms with Crippen molar-refractivity contribution in [2.45, 2.75) is 19.5 Å². The lowest BCUT2D eigenvalue weighted by Crippen LogP contribution is -2.22. The Balaban J connectivity index is 1.64. The Morgan fingerprint density at radius 3 is 1.97 bits per heavy atom. The van der Waals surface area contributed by atoms with Crippen molar-refractivity contribution in [2.24, 2.45) is 7.05 Å². The Hall–Kier alpha value is -4.12. The van der Waals surface area contributed by atoms with E-state index in [2.05, 4.69) is 29.2 Å². The van der Waals surface area contributed by atoms with Crippen LogP contribution in [0.4, 0.5) is 5.69 Å². The number of rotatable bonds is 9. The summed E-state index contributed by atoms with van der Waals surface area (Å²) in [6, 6.07) is 31.5. The van der Waals surface area contributed by atoms with Crippen molar-refractivity contribution in [1.29, 1.82) is 0 Å². The zero-order valence-electron chi connectivity index (χ0n) is 18.5. The molecule has 166 valence electrons. The molecule has 0 aliphatic carbocycles. The molecule has 0 saturated heterocycles. The Labute approximate surface area is 193 Å². The second-order valence-electron chi connectivity index (χ2n) is 8.05. The van der Waals surface area contributed by atoms with E-state index in [-0.39, 0.29) is 12.2 Å². The number of carbonyl (C=O) groups is 2. The third-order valence-electron chi connectivity index (χ3n) is 5.70. The van der Waals surface area contributed by atoms with Gasteiger partial charge in [-0.25, -0.2) is 0 Å². The number of carboxylic acids is 1. The van der Waals surface area contributed by atoms with E-state index in [1.165, 1.54) is 11.1 Å². The van der Waals surface area contributed by atoms with E-state index in [1.807, 2.05) is 54.6 Å². The fourth-order valence-corrected chi connectivity index (χ4v) is 3.95. The lowest BCUT2D eigenvalue weighted by Gasteiger charge is -2.26. The molecule has 0 saturated carbocycles. The maximum atomic E-state index is 13.3. The number of aliphatic carboxylic acids is 1. The minimum atomic E-state index is -0.922. The van der Waals surface area contributed by atoms with Gasteiger partial charge in [0.25, 0.3) is 0 Å². The van der Waals surface area contributed by atoms with Crippen molar-refractivity contribution in [3.8, 4) is 0 Å². The van der Waals surface area contributed by atoms with Gasteiger partial charge in [0.1, 0.15) is 0 Å². The van der Waals surface area contributed by atoms with Crippen molar-refractivity contribution in [3.05, 3.63) is 125 Å². The number of ketones is 1. The molecule has 4 rings (SSSR count). The molecule has 4 aromatic rings. The summed E-state index contributed by atoms with van der Waals surface area (Å²) in [5.41, 5.74) is 4.96. The SMILES string of the molecule is Cn1c(CC(=O)O)ccc1C(=O)c1cccc(N(Cc2ccccc2)Cc2ccccc2)c1. The summed E-state index contributed by atoms with van der Waals surface area (Å²) in [4.78, 5) is 26.6. The molecule has 33 heavy (non-hydrogen) atoms. The molecule has 0 fully saturated rings. The number of hydrogen-bond acceptors (Lipinski definition) is 3. The smallest absolute Gasteiger partial charge is 0.309 e. The first-order valence-corrected chi connectivity index (χ1v) is 10.8. The van der Waals surface area contributed by atoms with E-state index < -0.39 is 5.97 Å². The van der Waals surface area contributed by atoms with Crippen LogP contribution in [-0.4, -0.2) is 21.4 Å². The molecule has 0 aliphatic rings. The van der Waals surface area contributed by atoms with Crippen LogP contribution in [-0.2, 0) is 31.4 Å². The molecule has 1 aromatic heterocycles. The molecular weight excluding hydrogens is 412 g/mol. The lowest BCUT2D eigenvalue weighted by molar-refractivity contribution is -0.136. The lowest BCUT2D eigenvalue weighted by atomic mass is 10.1. The highest BCUT2D eigenvalue weighted by Crippen LogP contribution is 2.23. The van der Waals surface area contributed by atoms with Gasteiger partial charge in [0, 0.05) is 37.1 Å². The van der Waals surface area contributed by atoms with Crippen molar-refractivity contribution in [1.82, 2.24) is 4.57 Å². The fraction of sp³-hybridized carbons (Fsp3) is 0.143. The van der Waals surface area contributed by atoms with Gasteiger partial charge in [-0.2, -0.15) is 0 Å². The summed E-state index contributed by atoms with van der Waals surface area (Å²) in [6.07, 6.45) is -0.119. The Kier molecular flexibility index (Phi) is 6.69. The van der Waals surface area contributed by atoms with Gasteiger partial charge in [0.2, 0.25) is 5.78 Å². The summed E-state index contributed by atoms with van der Waals surface area (Å²) in [7, 11) is 1.73. The van der Waals surface area contributed by atoms with Crippen molar-refractivity contribution >= 4 is 17.4 Å². The van der Waals surface area contributed by atoms with Crippen molar-refractivity contribution in [3.63, 3.8) is 0 Å². The quantitative estimate of drug-likeness (QED) is 0.370. The Bertz CT molecular complexity index is 1210. The van der Waals surface area contributed by atoms with Gasteiger partial charge < -0.3 is 14.6 Å². The van der Waals surface area contributed by atoms with E-state index in [0.717, 1.165) is 5.69 Å². The van der Waals surface area contributed by atoms with Crippen LogP contribution in [0.1, 0.15) is 32.9 Å². The highest BCUT2D eigenvalue weighted by Gasteiger charge is 2.18. The molecule has 1 N–H and O–H groups in total. The zero-order valence-corrected chi connectivity index (χ0v) is 18.5. The van der Waals surface area contributed by atoms with Crippen LogP contribution in [0.25, 0.3) is 0 Å². The molecule has 0 radical (unpaired) electrons. The Morgan fingerprint density at radius 2 is 1.39 bits per heavy atom. The highest BCUT2D eigenvalue weighted by atomic mass is 16.4. The third-order valence-corrected chi connectivity index (χ3v) is 5.70. The van der Waals surface area contributed by atoms with E-state index in [1.54, 1.807) is 29.8 Å². The molecule has 1 heterocycles. The van der Waals surface area contributed by atoms with E-state index in [0.29, 0.717) is 30.0 Å². The van der Waals surface area contributed by atoms with Crippen molar-refractivity contribution in [2.75, 3.05) is 4.90 Å². The molecule has 0 atom stereocenters. The first kappa shape index (κ1) is 22.1. The topological polar surface area (TPSA) is 62.5 Å². The predicted octanol–water partition coefficient (Wildman–Crippen LogP) is 5.09. The molecule has 3 aromatic carbocycles. The monoisotopic (exact) mass is 438 g/mol. The summed E-state index contributed by atoms with van der Waals surface area (Å²) in [6.45, 7) is 1.42. The third kappa shape index (κ3) is 5.39. The van der Waals surface area contributed by atoms with Gasteiger partial charge in [-0.3, -0.25) is 9.59 Å². The standard InChI is InChI=1S/C28H26N2O3/c1-29-24(18-27(31)32)15-16-26(29)28(33)23-13-8-14-25(17-23)30(19-21-9-4-2-5-10-21)20-22-11-6-3-7-12-22/h2-17H,18-20H2,1H3,(H,31,32). The molecule has 0 aliphatic heterocycles. The van der Waals surface area contributed by atoms with Gasteiger partial charge in [-0.05, 0) is 35.4 Å². The van der Waals surface area contributed by atoms with Crippen LogP contribution < -0.4 is 4.90 Å². The molecule has 5 heteroatoms. The minimum absolute atomic E-state index is 0.119. The van der Waals surface area contributed by atoms with Gasteiger partial charge in [-0.1, -0.05) is 72.8 Å². The summed E-state index contributed by atoms with van der Waals surface area (Å²) in [5, 5.41) is 9.09. The summed E-state index contributed by atoms with van der Waals surface area (Å²) >= 11 is 0. The summed E-state index contributed by atoms with van der Waals surface area (Å²) < 4.78 is 1.66. The second kappa shape index (κ2) is 10.0. The average Bonchev–Trinajstić information content (AvgIpc) is 3.19. The molecule has 0 bridgehead atoms. The number of carboxylic acid groups (broad SMARTS) is 1. The second-order valence-corrected chi connectivity index (χ2v) is 8.05. The van der Waals surface area contributed by atoms with E-state index >= 15 is 0 Å². The molecule has 0 unspecified atom stereocenters. The van der Waals surface area contributed by atoms with Gasteiger partial charge in [-0.15, -0.1) is 0 Å². The first-order valence-electron chi connectivity index (χ1n) is 10.8. The Morgan fingerprint density at radius 1 is 0.788 bits per heavy atom. The van der Waals surface area contributed by atoms with Crippen LogP contribution in [0.5, 0.6) is 0 Å². The maximum absolute atomic E-state index is 13.3. The average molecular weight is 439 g/mol. The number of benzene rings is 3. The number of aromatic nitrogens is 1. The normalized spacial score (nSPS) is 10.7.